The Morgan fingerprint density at radius 3 is 2.51 bits per heavy atom. The van der Waals surface area contributed by atoms with Crippen molar-refractivity contribution in [1.29, 1.82) is 0 Å². The Balaban J connectivity index is 1.41. The normalized spacial score (nSPS) is 40.7. The lowest BCUT2D eigenvalue weighted by Gasteiger charge is -2.44. The highest BCUT2D eigenvalue weighted by Gasteiger charge is 2.60. The number of carbonyl (C=O) groups is 2. The fourth-order valence-corrected chi connectivity index (χ4v) is 7.03. The first-order valence-electron chi connectivity index (χ1n) is 13.7. The van der Waals surface area contributed by atoms with Gasteiger partial charge in [-0.05, 0) is 42.5 Å². The molecule has 5 rings (SSSR count). The van der Waals surface area contributed by atoms with Gasteiger partial charge < -0.3 is 44.8 Å². The molecule has 2 saturated carbocycles. The van der Waals surface area contributed by atoms with Crippen molar-refractivity contribution in [2.75, 3.05) is 6.61 Å². The van der Waals surface area contributed by atoms with Crippen molar-refractivity contribution in [2.45, 2.75) is 62.5 Å². The molecule has 11 heteroatoms. The van der Waals surface area contributed by atoms with Crippen molar-refractivity contribution in [3.05, 3.63) is 54.1 Å². The fraction of sp³-hybridized carbons (Fsp3) is 0.533. The topological polar surface area (TPSA) is 183 Å². The SMILES string of the molecule is C=C1[C@H]2[C@@H](C[C@@H]1[C@@H]1O[C@H](CO)[C@@H](O)[C@H](O)[C@H]1OC(=O)/C=C/c1ccc(O)c(O)c1)C(=C)C[C@H](O)C1[C@@H](C)C(=O)O[C@@H]12. The number of phenols is 2. The van der Waals surface area contributed by atoms with Crippen molar-refractivity contribution >= 4 is 18.0 Å². The van der Waals surface area contributed by atoms with Gasteiger partial charge in [0.25, 0.3) is 0 Å². The highest BCUT2D eigenvalue weighted by Crippen LogP contribution is 2.56. The van der Waals surface area contributed by atoms with E-state index in [9.17, 15) is 40.2 Å². The van der Waals surface area contributed by atoms with Gasteiger partial charge in [0, 0.05) is 23.8 Å². The van der Waals surface area contributed by atoms with E-state index in [1.807, 2.05) is 0 Å². The van der Waals surface area contributed by atoms with Gasteiger partial charge in [-0.15, -0.1) is 0 Å². The van der Waals surface area contributed by atoms with Crippen molar-refractivity contribution in [2.24, 2.45) is 29.6 Å². The molecule has 0 radical (unpaired) electrons. The standard InChI is InChI=1S/C30H36O11/c1-12-8-20(34)24-14(3)30(38)41-28(24)23-13(2)17(10-16(12)23)27-29(26(37)25(36)21(11-31)39-27)40-22(35)7-5-15-4-6-18(32)19(33)9-15/h4-7,9,14,16-17,20-21,23-29,31-34,36-37H,1-2,8,10-11H2,3H3/b7-5+/t14-,16+,17+,20+,21-,23+,24?,25-,26+,27+,28-,29-/m1/s1. The molecule has 4 fully saturated rings. The number of hydrogen-bond donors (Lipinski definition) is 6. The van der Waals surface area contributed by atoms with Crippen LogP contribution in [0, 0.1) is 29.6 Å². The number of aromatic hydroxyl groups is 2. The van der Waals surface area contributed by atoms with Crippen molar-refractivity contribution < 1.29 is 54.4 Å². The molecule has 12 atom stereocenters. The van der Waals surface area contributed by atoms with E-state index in [0.717, 1.165) is 11.6 Å². The molecule has 0 spiro atoms. The van der Waals surface area contributed by atoms with Crippen LogP contribution in [-0.2, 0) is 23.8 Å². The van der Waals surface area contributed by atoms with Gasteiger partial charge >= 0.3 is 11.9 Å². The van der Waals surface area contributed by atoms with Crippen molar-refractivity contribution in [3.8, 4) is 11.5 Å². The van der Waals surface area contributed by atoms with Crippen LogP contribution in [0.2, 0.25) is 0 Å². The van der Waals surface area contributed by atoms with E-state index in [-0.39, 0.29) is 29.8 Å². The molecule has 0 bridgehead atoms. The van der Waals surface area contributed by atoms with E-state index in [4.69, 9.17) is 14.2 Å². The molecule has 41 heavy (non-hydrogen) atoms. The van der Waals surface area contributed by atoms with Gasteiger partial charge in [0.05, 0.1) is 18.6 Å². The molecule has 222 valence electrons. The van der Waals surface area contributed by atoms with Gasteiger partial charge in [0.2, 0.25) is 0 Å². The molecule has 2 heterocycles. The number of carbonyl (C=O) groups excluding carboxylic acids is 2. The molecule has 1 unspecified atom stereocenters. The number of esters is 2. The van der Waals surface area contributed by atoms with Crippen LogP contribution < -0.4 is 0 Å². The molecular formula is C30H36O11. The van der Waals surface area contributed by atoms with Crippen LogP contribution in [0.1, 0.15) is 25.3 Å². The van der Waals surface area contributed by atoms with Crippen LogP contribution in [0.25, 0.3) is 6.08 Å². The summed E-state index contributed by atoms with van der Waals surface area (Å²) < 4.78 is 17.4. The second-order valence-electron chi connectivity index (χ2n) is 11.5. The Hall–Kier alpha value is -3.22. The number of benzene rings is 1. The number of rotatable bonds is 5. The van der Waals surface area contributed by atoms with E-state index in [1.165, 1.54) is 24.3 Å². The van der Waals surface area contributed by atoms with E-state index in [0.29, 0.717) is 17.6 Å². The first-order chi connectivity index (χ1) is 19.4. The molecule has 0 aromatic heterocycles. The zero-order valence-corrected chi connectivity index (χ0v) is 22.6. The third kappa shape index (κ3) is 5.17. The Morgan fingerprint density at radius 1 is 1.10 bits per heavy atom. The lowest BCUT2D eigenvalue weighted by atomic mass is 9.78. The smallest absolute Gasteiger partial charge is 0.331 e. The van der Waals surface area contributed by atoms with E-state index >= 15 is 0 Å². The molecule has 0 amide bonds. The van der Waals surface area contributed by atoms with Crippen LogP contribution in [-0.4, -0.2) is 91.9 Å². The number of fused-ring (bicyclic) bond motifs is 3. The maximum Gasteiger partial charge on any atom is 0.331 e. The minimum Gasteiger partial charge on any atom is -0.504 e. The largest absolute Gasteiger partial charge is 0.504 e. The van der Waals surface area contributed by atoms with E-state index in [2.05, 4.69) is 13.2 Å². The predicted octanol–water partition coefficient (Wildman–Crippen LogP) is 0.811. The monoisotopic (exact) mass is 572 g/mol. The summed E-state index contributed by atoms with van der Waals surface area (Å²) in [5.74, 6) is -4.05. The zero-order valence-electron chi connectivity index (χ0n) is 22.6. The van der Waals surface area contributed by atoms with Crippen LogP contribution in [0.5, 0.6) is 11.5 Å². The summed E-state index contributed by atoms with van der Waals surface area (Å²) in [5.41, 5.74) is 1.80. The minimum absolute atomic E-state index is 0.228. The van der Waals surface area contributed by atoms with Crippen LogP contribution in [0.15, 0.2) is 48.6 Å². The summed E-state index contributed by atoms with van der Waals surface area (Å²) in [5, 5.41) is 61.5. The summed E-state index contributed by atoms with van der Waals surface area (Å²) in [4.78, 5) is 25.4. The van der Waals surface area contributed by atoms with Crippen LogP contribution in [0.3, 0.4) is 0 Å². The minimum atomic E-state index is -1.60. The third-order valence-electron chi connectivity index (χ3n) is 9.18. The average molecular weight is 573 g/mol. The van der Waals surface area contributed by atoms with Gasteiger partial charge in [-0.2, -0.15) is 0 Å². The van der Waals surface area contributed by atoms with Crippen LogP contribution in [0.4, 0.5) is 0 Å². The maximum atomic E-state index is 12.8. The summed E-state index contributed by atoms with van der Waals surface area (Å²) in [6.45, 7) is 9.64. The highest BCUT2D eigenvalue weighted by molar-refractivity contribution is 5.87. The van der Waals surface area contributed by atoms with Gasteiger partial charge in [-0.1, -0.05) is 37.3 Å². The summed E-state index contributed by atoms with van der Waals surface area (Å²) in [6, 6.07) is 3.97. The van der Waals surface area contributed by atoms with Gasteiger partial charge in [-0.25, -0.2) is 4.79 Å². The highest BCUT2D eigenvalue weighted by atomic mass is 16.6. The second-order valence-corrected chi connectivity index (χ2v) is 11.5. The molecule has 4 aliphatic rings. The lowest BCUT2D eigenvalue weighted by Crippen LogP contribution is -2.61. The molecular weight excluding hydrogens is 536 g/mol. The Labute approximate surface area is 237 Å². The first kappa shape index (κ1) is 29.3. The molecule has 2 aliphatic carbocycles. The van der Waals surface area contributed by atoms with Crippen LogP contribution >= 0.6 is 0 Å². The second kappa shape index (κ2) is 11.2. The molecule has 2 aliphatic heterocycles. The number of phenolic OH excluding ortho intramolecular Hbond substituents is 2. The fourth-order valence-electron chi connectivity index (χ4n) is 7.03. The predicted molar refractivity (Wildman–Crippen MR) is 143 cm³/mol. The Bertz CT molecular complexity index is 1260. The number of ether oxygens (including phenoxy) is 3. The van der Waals surface area contributed by atoms with Gasteiger partial charge in [0.15, 0.2) is 17.6 Å². The number of aliphatic hydroxyl groups excluding tert-OH is 4. The quantitative estimate of drug-likeness (QED) is 0.127. The first-order valence-corrected chi connectivity index (χ1v) is 13.7. The number of aliphatic hydroxyl groups is 4. The van der Waals surface area contributed by atoms with E-state index in [1.54, 1.807) is 6.92 Å². The van der Waals surface area contributed by atoms with Gasteiger partial charge in [-0.3, -0.25) is 4.79 Å². The maximum absolute atomic E-state index is 12.8. The average Bonchev–Trinajstić information content (AvgIpc) is 3.39. The summed E-state index contributed by atoms with van der Waals surface area (Å²) in [7, 11) is 0. The van der Waals surface area contributed by atoms with Crippen molar-refractivity contribution in [1.82, 2.24) is 0 Å². The lowest BCUT2D eigenvalue weighted by molar-refractivity contribution is -0.245. The Kier molecular flexibility index (Phi) is 8.01. The molecule has 1 aromatic rings. The summed E-state index contributed by atoms with van der Waals surface area (Å²) >= 11 is 0. The van der Waals surface area contributed by atoms with Gasteiger partial charge in [0.1, 0.15) is 30.5 Å². The molecule has 1 aromatic carbocycles. The molecule has 6 N–H and O–H groups in total. The Morgan fingerprint density at radius 2 is 1.83 bits per heavy atom. The zero-order chi connectivity index (χ0) is 29.7. The number of hydrogen-bond acceptors (Lipinski definition) is 11. The molecule has 11 nitrogen and oxygen atoms in total. The summed E-state index contributed by atoms with van der Waals surface area (Å²) in [6.07, 6.45) is -4.99. The van der Waals surface area contributed by atoms with Crippen molar-refractivity contribution in [3.63, 3.8) is 0 Å². The van der Waals surface area contributed by atoms with E-state index < -0.39 is 79.0 Å². The molecule has 2 saturated heterocycles. The third-order valence-corrected chi connectivity index (χ3v) is 9.18.